The highest BCUT2D eigenvalue weighted by molar-refractivity contribution is 7.14. The molecule has 0 spiro atoms. The molecule has 18 heavy (non-hydrogen) atoms. The Morgan fingerprint density at radius 3 is 2.78 bits per heavy atom. The maximum Gasteiger partial charge on any atom is 0.169 e. The van der Waals surface area contributed by atoms with E-state index in [0.717, 1.165) is 11.1 Å². The molecule has 0 unspecified atom stereocenters. The quantitative estimate of drug-likeness (QED) is 0.927. The van der Waals surface area contributed by atoms with Gasteiger partial charge in [-0.2, -0.15) is 0 Å². The molecular formula is C12H13F2N3S. The van der Waals surface area contributed by atoms with Crippen LogP contribution in [0, 0.1) is 11.6 Å². The van der Waals surface area contributed by atoms with Gasteiger partial charge in [-0.25, -0.2) is 8.78 Å². The first kappa shape index (κ1) is 13.0. The smallest absolute Gasteiger partial charge is 0.169 e. The van der Waals surface area contributed by atoms with Crippen LogP contribution < -0.4 is 5.32 Å². The van der Waals surface area contributed by atoms with Crippen LogP contribution in [0.25, 0.3) is 10.6 Å². The average molecular weight is 269 g/mol. The Balaban J connectivity index is 2.21. The van der Waals surface area contributed by atoms with Crippen molar-refractivity contribution in [2.24, 2.45) is 0 Å². The van der Waals surface area contributed by atoms with E-state index in [-0.39, 0.29) is 5.56 Å². The lowest BCUT2D eigenvalue weighted by Crippen LogP contribution is -2.21. The van der Waals surface area contributed by atoms with Crippen LogP contribution in [0.5, 0.6) is 0 Å². The third-order valence-electron chi connectivity index (χ3n) is 2.31. The second kappa shape index (κ2) is 5.49. The zero-order valence-corrected chi connectivity index (χ0v) is 10.9. The predicted molar refractivity (Wildman–Crippen MR) is 67.2 cm³/mol. The van der Waals surface area contributed by atoms with Gasteiger partial charge < -0.3 is 5.32 Å². The fraction of sp³-hybridized carbons (Fsp3) is 0.333. The SMILES string of the molecule is CC(C)NCc1nnc(-c2cccc(F)c2F)s1. The Kier molecular flexibility index (Phi) is 3.98. The van der Waals surface area contributed by atoms with Crippen molar-refractivity contribution in [3.05, 3.63) is 34.8 Å². The summed E-state index contributed by atoms with van der Waals surface area (Å²) in [6, 6.07) is 4.38. The van der Waals surface area contributed by atoms with Crippen LogP contribution in [0.1, 0.15) is 18.9 Å². The number of hydrogen-bond acceptors (Lipinski definition) is 4. The molecule has 1 aromatic carbocycles. The number of aromatic nitrogens is 2. The Morgan fingerprint density at radius 2 is 2.06 bits per heavy atom. The van der Waals surface area contributed by atoms with Crippen molar-refractivity contribution in [2.45, 2.75) is 26.4 Å². The molecule has 0 fully saturated rings. The van der Waals surface area contributed by atoms with Gasteiger partial charge in [0.2, 0.25) is 0 Å². The number of nitrogens with zero attached hydrogens (tertiary/aromatic N) is 2. The van der Waals surface area contributed by atoms with E-state index in [1.54, 1.807) is 0 Å². The third kappa shape index (κ3) is 2.88. The van der Waals surface area contributed by atoms with Crippen molar-refractivity contribution in [2.75, 3.05) is 0 Å². The predicted octanol–water partition coefficient (Wildman–Crippen LogP) is 2.98. The molecule has 96 valence electrons. The molecule has 0 atom stereocenters. The molecule has 0 aliphatic heterocycles. The van der Waals surface area contributed by atoms with Crippen molar-refractivity contribution < 1.29 is 8.78 Å². The third-order valence-corrected chi connectivity index (χ3v) is 3.27. The first-order valence-corrected chi connectivity index (χ1v) is 6.39. The van der Waals surface area contributed by atoms with E-state index >= 15 is 0 Å². The molecule has 1 N–H and O–H groups in total. The molecule has 3 nitrogen and oxygen atoms in total. The summed E-state index contributed by atoms with van der Waals surface area (Å²) in [6.07, 6.45) is 0. The molecular weight excluding hydrogens is 256 g/mol. The molecule has 6 heteroatoms. The highest BCUT2D eigenvalue weighted by Gasteiger charge is 2.14. The summed E-state index contributed by atoms with van der Waals surface area (Å²) in [5.41, 5.74) is 0.156. The average Bonchev–Trinajstić information content (AvgIpc) is 2.78. The van der Waals surface area contributed by atoms with E-state index in [4.69, 9.17) is 0 Å². The van der Waals surface area contributed by atoms with E-state index in [1.165, 1.54) is 23.5 Å². The monoisotopic (exact) mass is 269 g/mol. The van der Waals surface area contributed by atoms with Gasteiger partial charge in [-0.05, 0) is 12.1 Å². The number of halogens is 2. The largest absolute Gasteiger partial charge is 0.308 e. The van der Waals surface area contributed by atoms with Crippen LogP contribution in [0.2, 0.25) is 0 Å². The molecule has 2 rings (SSSR count). The zero-order chi connectivity index (χ0) is 13.1. The topological polar surface area (TPSA) is 37.8 Å². The van der Waals surface area contributed by atoms with E-state index in [9.17, 15) is 8.78 Å². The van der Waals surface area contributed by atoms with Crippen molar-refractivity contribution >= 4 is 11.3 Å². The fourth-order valence-corrected chi connectivity index (χ4v) is 2.20. The van der Waals surface area contributed by atoms with E-state index in [2.05, 4.69) is 15.5 Å². The van der Waals surface area contributed by atoms with Crippen molar-refractivity contribution in [3.8, 4) is 10.6 Å². The summed E-state index contributed by atoms with van der Waals surface area (Å²) < 4.78 is 26.7. The van der Waals surface area contributed by atoms with Gasteiger partial charge in [-0.3, -0.25) is 0 Å². The second-order valence-electron chi connectivity index (χ2n) is 4.14. The van der Waals surface area contributed by atoms with Gasteiger partial charge in [0.25, 0.3) is 0 Å². The normalized spacial score (nSPS) is 11.2. The Morgan fingerprint density at radius 1 is 1.28 bits per heavy atom. The van der Waals surface area contributed by atoms with Gasteiger partial charge in [0.1, 0.15) is 5.01 Å². The molecule has 2 aromatic rings. The Labute approximate surface area is 108 Å². The molecule has 0 bridgehead atoms. The fourth-order valence-electron chi connectivity index (χ4n) is 1.39. The molecule has 0 amide bonds. The lowest BCUT2D eigenvalue weighted by atomic mass is 10.2. The van der Waals surface area contributed by atoms with Gasteiger partial charge in [0.05, 0.1) is 5.56 Å². The molecule has 1 aromatic heterocycles. The first-order chi connectivity index (χ1) is 8.58. The van der Waals surface area contributed by atoms with Gasteiger partial charge in [-0.1, -0.05) is 31.3 Å². The highest BCUT2D eigenvalue weighted by Crippen LogP contribution is 2.27. The highest BCUT2D eigenvalue weighted by atomic mass is 32.1. The summed E-state index contributed by atoms with van der Waals surface area (Å²) in [5.74, 6) is -1.75. The maximum absolute atomic E-state index is 13.6. The second-order valence-corrected chi connectivity index (χ2v) is 5.20. The lowest BCUT2D eigenvalue weighted by Gasteiger charge is -2.03. The summed E-state index contributed by atoms with van der Waals surface area (Å²) in [7, 11) is 0. The molecule has 0 saturated heterocycles. The van der Waals surface area contributed by atoms with Gasteiger partial charge in [-0.15, -0.1) is 10.2 Å². The van der Waals surface area contributed by atoms with Gasteiger partial charge in [0.15, 0.2) is 16.6 Å². The van der Waals surface area contributed by atoms with Crippen LogP contribution in [0.15, 0.2) is 18.2 Å². The van der Waals surface area contributed by atoms with Gasteiger partial charge in [0, 0.05) is 12.6 Å². The molecule has 1 heterocycles. The van der Waals surface area contributed by atoms with E-state index in [0.29, 0.717) is 17.6 Å². The summed E-state index contributed by atoms with van der Waals surface area (Å²) in [6.45, 7) is 4.62. The van der Waals surface area contributed by atoms with Crippen molar-refractivity contribution in [3.63, 3.8) is 0 Å². The Hall–Kier alpha value is -1.40. The number of benzene rings is 1. The maximum atomic E-state index is 13.6. The summed E-state index contributed by atoms with van der Waals surface area (Å²) in [5, 5.41) is 12.2. The van der Waals surface area contributed by atoms with Crippen molar-refractivity contribution in [1.82, 2.24) is 15.5 Å². The van der Waals surface area contributed by atoms with Crippen LogP contribution >= 0.6 is 11.3 Å². The van der Waals surface area contributed by atoms with Crippen LogP contribution in [0.3, 0.4) is 0 Å². The minimum atomic E-state index is -0.878. The molecule has 0 aliphatic rings. The minimum absolute atomic E-state index is 0.156. The summed E-state index contributed by atoms with van der Waals surface area (Å²) >= 11 is 1.26. The lowest BCUT2D eigenvalue weighted by molar-refractivity contribution is 0.511. The van der Waals surface area contributed by atoms with Crippen LogP contribution in [-0.2, 0) is 6.54 Å². The van der Waals surface area contributed by atoms with Crippen LogP contribution in [-0.4, -0.2) is 16.2 Å². The summed E-state index contributed by atoms with van der Waals surface area (Å²) in [4.78, 5) is 0. The van der Waals surface area contributed by atoms with Crippen LogP contribution in [0.4, 0.5) is 8.78 Å². The Bertz CT molecular complexity index is 540. The van der Waals surface area contributed by atoms with Crippen molar-refractivity contribution in [1.29, 1.82) is 0 Å². The first-order valence-electron chi connectivity index (χ1n) is 5.58. The zero-order valence-electron chi connectivity index (χ0n) is 10.1. The minimum Gasteiger partial charge on any atom is -0.308 e. The molecule has 0 saturated carbocycles. The molecule has 0 aliphatic carbocycles. The van der Waals surface area contributed by atoms with E-state index in [1.807, 2.05) is 13.8 Å². The number of nitrogens with one attached hydrogen (secondary N) is 1. The number of hydrogen-bond donors (Lipinski definition) is 1. The number of rotatable bonds is 4. The molecule has 0 radical (unpaired) electrons. The standard InChI is InChI=1S/C12H13F2N3S/c1-7(2)15-6-10-16-17-12(18-10)8-4-3-5-9(13)11(8)14/h3-5,7,15H,6H2,1-2H3. The van der Waals surface area contributed by atoms with Gasteiger partial charge >= 0.3 is 0 Å². The van der Waals surface area contributed by atoms with E-state index < -0.39 is 11.6 Å².